The maximum absolute atomic E-state index is 11.8. The summed E-state index contributed by atoms with van der Waals surface area (Å²) in [5, 5.41) is 6.07. The standard InChI is InChI=1S/C13H14N4O/c1-2-15-12-10-4-3-9(17-6-5-14-8-17)7-11(10)16-13(12)18/h3-8,12,15H,2H2,1H3,(H,16,18). The van der Waals surface area contributed by atoms with Crippen LogP contribution in [0.2, 0.25) is 0 Å². The molecule has 5 heteroatoms. The van der Waals surface area contributed by atoms with Gasteiger partial charge >= 0.3 is 0 Å². The Hall–Kier alpha value is -2.14. The molecular weight excluding hydrogens is 228 g/mol. The van der Waals surface area contributed by atoms with E-state index in [9.17, 15) is 4.79 Å². The van der Waals surface area contributed by atoms with Crippen LogP contribution in [-0.2, 0) is 4.79 Å². The molecule has 2 N–H and O–H groups in total. The molecule has 2 aromatic rings. The molecule has 18 heavy (non-hydrogen) atoms. The van der Waals surface area contributed by atoms with Crippen LogP contribution >= 0.6 is 0 Å². The van der Waals surface area contributed by atoms with Crippen LogP contribution in [0.5, 0.6) is 0 Å². The van der Waals surface area contributed by atoms with E-state index in [0.29, 0.717) is 0 Å². The molecule has 0 spiro atoms. The molecule has 2 heterocycles. The number of nitrogens with zero attached hydrogens (tertiary/aromatic N) is 2. The fourth-order valence-corrected chi connectivity index (χ4v) is 2.23. The lowest BCUT2D eigenvalue weighted by molar-refractivity contribution is -0.117. The zero-order valence-electron chi connectivity index (χ0n) is 10.1. The monoisotopic (exact) mass is 242 g/mol. The van der Waals surface area contributed by atoms with Crippen LogP contribution in [0.4, 0.5) is 5.69 Å². The number of fused-ring (bicyclic) bond motifs is 1. The molecule has 1 amide bonds. The molecule has 5 nitrogen and oxygen atoms in total. The van der Waals surface area contributed by atoms with Crippen molar-refractivity contribution in [3.63, 3.8) is 0 Å². The van der Waals surface area contributed by atoms with Gasteiger partial charge in [-0.15, -0.1) is 0 Å². The third-order valence-corrected chi connectivity index (χ3v) is 3.08. The van der Waals surface area contributed by atoms with E-state index in [1.807, 2.05) is 35.9 Å². The van der Waals surface area contributed by atoms with Crippen LogP contribution in [0.15, 0.2) is 36.9 Å². The molecule has 1 aromatic carbocycles. The molecule has 1 aliphatic rings. The molecule has 0 saturated heterocycles. The molecule has 1 unspecified atom stereocenters. The molecule has 92 valence electrons. The number of aromatic nitrogens is 2. The number of imidazole rings is 1. The number of anilines is 1. The predicted octanol–water partition coefficient (Wildman–Crippen LogP) is 1.47. The van der Waals surface area contributed by atoms with E-state index in [-0.39, 0.29) is 11.9 Å². The van der Waals surface area contributed by atoms with Crippen LogP contribution in [0.25, 0.3) is 5.69 Å². The van der Waals surface area contributed by atoms with Gasteiger partial charge in [0.1, 0.15) is 6.04 Å². The Balaban J connectivity index is 1.99. The Kier molecular flexibility index (Phi) is 2.60. The van der Waals surface area contributed by atoms with Crippen molar-refractivity contribution >= 4 is 11.6 Å². The van der Waals surface area contributed by atoms with Gasteiger partial charge in [0.25, 0.3) is 0 Å². The lowest BCUT2D eigenvalue weighted by Crippen LogP contribution is -2.27. The number of carbonyl (C=O) groups is 1. The van der Waals surface area contributed by atoms with Gasteiger partial charge in [0.2, 0.25) is 5.91 Å². The van der Waals surface area contributed by atoms with Gasteiger partial charge in [-0.1, -0.05) is 13.0 Å². The van der Waals surface area contributed by atoms with Gasteiger partial charge in [0.05, 0.1) is 6.33 Å². The number of rotatable bonds is 3. The minimum atomic E-state index is -0.234. The molecule has 1 aliphatic heterocycles. The molecule has 0 aliphatic carbocycles. The van der Waals surface area contributed by atoms with Gasteiger partial charge in [-0.2, -0.15) is 0 Å². The summed E-state index contributed by atoms with van der Waals surface area (Å²) in [6.07, 6.45) is 5.34. The van der Waals surface area contributed by atoms with Crippen LogP contribution < -0.4 is 10.6 Å². The van der Waals surface area contributed by atoms with Crippen LogP contribution in [0, 0.1) is 0 Å². The summed E-state index contributed by atoms with van der Waals surface area (Å²) in [5.74, 6) is 0.00892. The Labute approximate surface area is 105 Å². The van der Waals surface area contributed by atoms with Crippen LogP contribution in [0.3, 0.4) is 0 Å². The van der Waals surface area contributed by atoms with E-state index >= 15 is 0 Å². The minimum Gasteiger partial charge on any atom is -0.324 e. The summed E-state index contributed by atoms with van der Waals surface area (Å²) in [6, 6.07) is 5.70. The second kappa shape index (κ2) is 4.27. The number of amides is 1. The average Bonchev–Trinajstić information content (AvgIpc) is 2.98. The summed E-state index contributed by atoms with van der Waals surface area (Å²) in [6.45, 7) is 2.76. The Morgan fingerprint density at radius 1 is 1.50 bits per heavy atom. The maximum atomic E-state index is 11.8. The maximum Gasteiger partial charge on any atom is 0.246 e. The van der Waals surface area contributed by atoms with Crippen LogP contribution in [0.1, 0.15) is 18.5 Å². The van der Waals surface area contributed by atoms with Crippen molar-refractivity contribution in [3.8, 4) is 5.69 Å². The Morgan fingerprint density at radius 2 is 2.39 bits per heavy atom. The third-order valence-electron chi connectivity index (χ3n) is 3.08. The first-order chi connectivity index (χ1) is 8.79. The number of hydrogen-bond acceptors (Lipinski definition) is 3. The summed E-state index contributed by atoms with van der Waals surface area (Å²) in [5.41, 5.74) is 2.87. The zero-order chi connectivity index (χ0) is 12.5. The quantitative estimate of drug-likeness (QED) is 0.857. The molecule has 0 fully saturated rings. The second-order valence-corrected chi connectivity index (χ2v) is 4.22. The van der Waals surface area contributed by atoms with Gasteiger partial charge in [-0.25, -0.2) is 4.98 Å². The van der Waals surface area contributed by atoms with Gasteiger partial charge in [-0.3, -0.25) is 4.79 Å². The Bertz CT molecular complexity index is 577. The topological polar surface area (TPSA) is 59.0 Å². The van der Waals surface area contributed by atoms with E-state index in [4.69, 9.17) is 0 Å². The summed E-state index contributed by atoms with van der Waals surface area (Å²) in [4.78, 5) is 15.8. The van der Waals surface area contributed by atoms with Crippen molar-refractivity contribution < 1.29 is 4.79 Å². The van der Waals surface area contributed by atoms with Gasteiger partial charge in [0, 0.05) is 29.3 Å². The Morgan fingerprint density at radius 3 is 3.11 bits per heavy atom. The minimum absolute atomic E-state index is 0.00892. The number of benzene rings is 1. The van der Waals surface area contributed by atoms with E-state index < -0.39 is 0 Å². The largest absolute Gasteiger partial charge is 0.324 e. The van der Waals surface area contributed by atoms with Crippen molar-refractivity contribution in [3.05, 3.63) is 42.5 Å². The molecular formula is C13H14N4O. The first kappa shape index (κ1) is 11.0. The molecule has 0 radical (unpaired) electrons. The molecule has 1 aromatic heterocycles. The first-order valence-corrected chi connectivity index (χ1v) is 5.96. The SMILES string of the molecule is CCNC1C(=O)Nc2cc(-n3ccnc3)ccc21. The number of hydrogen-bond donors (Lipinski definition) is 2. The highest BCUT2D eigenvalue weighted by Crippen LogP contribution is 2.32. The van der Waals surface area contributed by atoms with E-state index in [0.717, 1.165) is 23.5 Å². The summed E-state index contributed by atoms with van der Waals surface area (Å²) in [7, 11) is 0. The molecule has 0 saturated carbocycles. The molecule has 3 rings (SSSR count). The van der Waals surface area contributed by atoms with Gasteiger partial charge in [-0.05, 0) is 18.7 Å². The highest BCUT2D eigenvalue weighted by atomic mass is 16.2. The highest BCUT2D eigenvalue weighted by Gasteiger charge is 2.29. The molecule has 0 bridgehead atoms. The third kappa shape index (κ3) is 1.69. The second-order valence-electron chi connectivity index (χ2n) is 4.22. The van der Waals surface area contributed by atoms with Crippen LogP contribution in [-0.4, -0.2) is 22.0 Å². The van der Waals surface area contributed by atoms with Crippen molar-refractivity contribution in [2.45, 2.75) is 13.0 Å². The highest BCUT2D eigenvalue weighted by molar-refractivity contribution is 6.02. The fourth-order valence-electron chi connectivity index (χ4n) is 2.23. The van der Waals surface area contributed by atoms with Crippen molar-refractivity contribution in [1.82, 2.24) is 14.9 Å². The van der Waals surface area contributed by atoms with Gasteiger partial charge < -0.3 is 15.2 Å². The number of likely N-dealkylation sites (N-methyl/N-ethyl adjacent to an activating group) is 1. The van der Waals surface area contributed by atoms with E-state index in [1.54, 1.807) is 12.5 Å². The average molecular weight is 242 g/mol. The smallest absolute Gasteiger partial charge is 0.246 e. The summed E-state index contributed by atoms with van der Waals surface area (Å²) < 4.78 is 1.91. The summed E-state index contributed by atoms with van der Waals surface area (Å²) >= 11 is 0. The van der Waals surface area contributed by atoms with E-state index in [1.165, 1.54) is 0 Å². The normalized spacial score (nSPS) is 17.6. The van der Waals surface area contributed by atoms with E-state index in [2.05, 4.69) is 15.6 Å². The van der Waals surface area contributed by atoms with Crippen molar-refractivity contribution in [2.24, 2.45) is 0 Å². The first-order valence-electron chi connectivity index (χ1n) is 5.96. The molecule has 1 atom stereocenters. The van der Waals surface area contributed by atoms with Crippen molar-refractivity contribution in [1.29, 1.82) is 0 Å². The predicted molar refractivity (Wildman–Crippen MR) is 68.6 cm³/mol. The lowest BCUT2D eigenvalue weighted by atomic mass is 10.1. The number of carbonyl (C=O) groups excluding carboxylic acids is 1. The van der Waals surface area contributed by atoms with Crippen molar-refractivity contribution in [2.75, 3.05) is 11.9 Å². The lowest BCUT2D eigenvalue weighted by Gasteiger charge is -2.09. The fraction of sp³-hybridized carbons (Fsp3) is 0.231. The number of nitrogens with one attached hydrogen (secondary N) is 2. The zero-order valence-corrected chi connectivity index (χ0v) is 10.1. The van der Waals surface area contributed by atoms with Gasteiger partial charge in [0.15, 0.2) is 0 Å².